The molecule has 0 saturated carbocycles. The molecule has 0 aromatic carbocycles. The van der Waals surface area contributed by atoms with Gasteiger partial charge < -0.3 is 19.3 Å². The average molecular weight is 385 g/mol. The van der Waals surface area contributed by atoms with Crippen LogP contribution in [-0.2, 0) is 17.6 Å². The maximum atomic E-state index is 12.9. The lowest BCUT2D eigenvalue weighted by molar-refractivity contribution is -0.138. The van der Waals surface area contributed by atoms with Crippen molar-refractivity contribution in [1.29, 1.82) is 0 Å². The van der Waals surface area contributed by atoms with Crippen LogP contribution in [0.4, 0.5) is 0 Å². The van der Waals surface area contributed by atoms with Crippen LogP contribution in [-0.4, -0.2) is 62.9 Å². The lowest BCUT2D eigenvalue weighted by Gasteiger charge is -2.48. The van der Waals surface area contributed by atoms with E-state index in [1.54, 1.807) is 18.6 Å². The second-order valence-corrected chi connectivity index (χ2v) is 8.01. The number of aromatic nitrogens is 3. The Labute approximate surface area is 164 Å². The molecule has 2 amide bonds. The molecule has 1 N–H and O–H groups in total. The topological polar surface area (TPSA) is 95.3 Å². The molecule has 2 aromatic heterocycles. The van der Waals surface area contributed by atoms with Gasteiger partial charge in [-0.05, 0) is 25.7 Å². The van der Waals surface area contributed by atoms with Crippen LogP contribution in [0.3, 0.4) is 0 Å². The van der Waals surface area contributed by atoms with E-state index in [0.29, 0.717) is 31.8 Å². The van der Waals surface area contributed by atoms with Crippen molar-refractivity contribution in [2.75, 3.05) is 26.2 Å². The zero-order valence-electron chi connectivity index (χ0n) is 16.3. The van der Waals surface area contributed by atoms with E-state index < -0.39 is 0 Å². The summed E-state index contributed by atoms with van der Waals surface area (Å²) in [5.74, 6) is 0.431. The number of imidazole rings is 1. The Kier molecular flexibility index (Phi) is 5.19. The Morgan fingerprint density at radius 3 is 3.00 bits per heavy atom. The van der Waals surface area contributed by atoms with Gasteiger partial charge in [0.2, 0.25) is 11.7 Å². The molecule has 0 bridgehead atoms. The number of piperidine rings is 2. The number of hydrogen-bond donors (Lipinski definition) is 1. The summed E-state index contributed by atoms with van der Waals surface area (Å²) in [7, 11) is 0. The molecule has 2 aromatic rings. The number of nitrogens with zero attached hydrogens (tertiary/aromatic N) is 4. The van der Waals surface area contributed by atoms with Crippen molar-refractivity contribution in [3.8, 4) is 0 Å². The highest BCUT2D eigenvalue weighted by Crippen LogP contribution is 2.39. The van der Waals surface area contributed by atoms with Gasteiger partial charge in [-0.1, -0.05) is 12.1 Å². The highest BCUT2D eigenvalue weighted by Gasteiger charge is 2.43. The Balaban J connectivity index is 1.42. The van der Waals surface area contributed by atoms with Gasteiger partial charge in [0.25, 0.3) is 5.91 Å². The van der Waals surface area contributed by atoms with Gasteiger partial charge in [0.15, 0.2) is 0 Å². The smallest absolute Gasteiger partial charge is 0.292 e. The molecule has 150 valence electrons. The first-order valence-electron chi connectivity index (χ1n) is 10.1. The van der Waals surface area contributed by atoms with E-state index in [1.165, 1.54) is 0 Å². The number of aryl methyl sites for hydroxylation is 1. The number of hydrogen-bond acceptors (Lipinski definition) is 5. The van der Waals surface area contributed by atoms with Crippen LogP contribution in [0.15, 0.2) is 23.1 Å². The van der Waals surface area contributed by atoms with Gasteiger partial charge in [0, 0.05) is 62.4 Å². The average Bonchev–Trinajstić information content (AvgIpc) is 3.40. The van der Waals surface area contributed by atoms with E-state index in [9.17, 15) is 9.59 Å². The summed E-state index contributed by atoms with van der Waals surface area (Å²) in [6.45, 7) is 4.77. The largest absolute Gasteiger partial charge is 0.351 e. The number of aromatic amines is 1. The van der Waals surface area contributed by atoms with Crippen LogP contribution in [0.25, 0.3) is 0 Å². The van der Waals surface area contributed by atoms with Crippen molar-refractivity contribution < 1.29 is 14.1 Å². The number of likely N-dealkylation sites (tertiary alicyclic amines) is 2. The van der Waals surface area contributed by atoms with Crippen LogP contribution < -0.4 is 0 Å². The van der Waals surface area contributed by atoms with E-state index in [0.717, 1.165) is 50.0 Å². The molecule has 0 radical (unpaired) electrons. The maximum Gasteiger partial charge on any atom is 0.292 e. The van der Waals surface area contributed by atoms with Crippen molar-refractivity contribution in [1.82, 2.24) is 24.9 Å². The van der Waals surface area contributed by atoms with E-state index in [4.69, 9.17) is 4.52 Å². The zero-order chi connectivity index (χ0) is 19.6. The van der Waals surface area contributed by atoms with Crippen LogP contribution in [0.1, 0.15) is 54.5 Å². The van der Waals surface area contributed by atoms with Crippen LogP contribution >= 0.6 is 0 Å². The number of carbonyl (C=O) groups is 2. The van der Waals surface area contributed by atoms with E-state index in [-0.39, 0.29) is 17.2 Å². The summed E-state index contributed by atoms with van der Waals surface area (Å²) in [4.78, 5) is 36.3. The summed E-state index contributed by atoms with van der Waals surface area (Å²) in [5, 5.41) is 3.94. The maximum absolute atomic E-state index is 12.9. The summed E-state index contributed by atoms with van der Waals surface area (Å²) >= 11 is 0. The van der Waals surface area contributed by atoms with Gasteiger partial charge in [-0.15, -0.1) is 0 Å². The molecule has 2 fully saturated rings. The van der Waals surface area contributed by atoms with Crippen LogP contribution in [0.2, 0.25) is 0 Å². The van der Waals surface area contributed by atoms with E-state index in [1.807, 2.05) is 16.7 Å². The van der Waals surface area contributed by atoms with Crippen molar-refractivity contribution in [2.45, 2.75) is 45.4 Å². The molecule has 0 aliphatic carbocycles. The predicted molar refractivity (Wildman–Crippen MR) is 102 cm³/mol. The van der Waals surface area contributed by atoms with Gasteiger partial charge in [-0.3, -0.25) is 9.59 Å². The Morgan fingerprint density at radius 1 is 1.36 bits per heavy atom. The third-order valence-corrected chi connectivity index (χ3v) is 6.03. The van der Waals surface area contributed by atoms with Gasteiger partial charge in [-0.2, -0.15) is 0 Å². The fourth-order valence-electron chi connectivity index (χ4n) is 4.43. The standard InChI is InChI=1S/C20H27N5O3/c1-2-15-10-17(28-23-15)19(27)25-8-3-6-20(13-25)7-4-18(26)24(12-20)9-5-16-11-21-14-22-16/h10-11,14H,2-9,12-13H2,1H3,(H,21,22). The highest BCUT2D eigenvalue weighted by molar-refractivity contribution is 5.91. The first-order chi connectivity index (χ1) is 13.6. The Hall–Kier alpha value is -2.64. The Bertz CT molecular complexity index is 831. The van der Waals surface area contributed by atoms with Crippen molar-refractivity contribution in [3.05, 3.63) is 35.7 Å². The van der Waals surface area contributed by atoms with E-state index in [2.05, 4.69) is 15.1 Å². The minimum Gasteiger partial charge on any atom is -0.351 e. The lowest BCUT2D eigenvalue weighted by atomic mass is 9.73. The molecule has 1 spiro atoms. The molecule has 2 aliphatic rings. The summed E-state index contributed by atoms with van der Waals surface area (Å²) < 4.78 is 5.25. The zero-order valence-corrected chi connectivity index (χ0v) is 16.3. The first-order valence-corrected chi connectivity index (χ1v) is 10.1. The van der Waals surface area contributed by atoms with Gasteiger partial charge in [0.1, 0.15) is 0 Å². The molecule has 4 heterocycles. The minimum absolute atomic E-state index is 0.0244. The molecule has 2 aliphatic heterocycles. The van der Waals surface area contributed by atoms with Gasteiger partial charge in [0.05, 0.1) is 12.0 Å². The predicted octanol–water partition coefficient (Wildman–Crippen LogP) is 2.05. The normalized spacial score (nSPS) is 22.8. The van der Waals surface area contributed by atoms with Gasteiger partial charge in [-0.25, -0.2) is 4.98 Å². The summed E-state index contributed by atoms with van der Waals surface area (Å²) in [6, 6.07) is 1.74. The third kappa shape index (κ3) is 3.81. The van der Waals surface area contributed by atoms with Crippen molar-refractivity contribution in [3.63, 3.8) is 0 Å². The minimum atomic E-state index is -0.0906. The fourth-order valence-corrected chi connectivity index (χ4v) is 4.43. The molecular formula is C20H27N5O3. The van der Waals surface area contributed by atoms with Crippen molar-refractivity contribution in [2.24, 2.45) is 5.41 Å². The Morgan fingerprint density at radius 2 is 2.25 bits per heavy atom. The molecule has 28 heavy (non-hydrogen) atoms. The number of rotatable bonds is 5. The highest BCUT2D eigenvalue weighted by atomic mass is 16.5. The molecule has 8 heteroatoms. The number of H-pyrrole nitrogens is 1. The second kappa shape index (κ2) is 7.77. The molecule has 1 atom stereocenters. The quantitative estimate of drug-likeness (QED) is 0.850. The summed E-state index contributed by atoms with van der Waals surface area (Å²) in [5.41, 5.74) is 1.80. The monoisotopic (exact) mass is 385 g/mol. The van der Waals surface area contributed by atoms with Crippen LogP contribution in [0, 0.1) is 5.41 Å². The fraction of sp³-hybridized carbons (Fsp3) is 0.600. The molecule has 4 rings (SSSR count). The SMILES string of the molecule is CCc1cc(C(=O)N2CCCC3(CCC(=O)N(CCc4cnc[nH]4)C3)C2)on1. The van der Waals surface area contributed by atoms with Crippen LogP contribution in [0.5, 0.6) is 0 Å². The third-order valence-electron chi connectivity index (χ3n) is 6.03. The second-order valence-electron chi connectivity index (χ2n) is 8.01. The number of carbonyl (C=O) groups excluding carboxylic acids is 2. The van der Waals surface area contributed by atoms with Crippen molar-refractivity contribution >= 4 is 11.8 Å². The van der Waals surface area contributed by atoms with E-state index >= 15 is 0 Å². The number of amides is 2. The summed E-state index contributed by atoms with van der Waals surface area (Å²) in [6.07, 6.45) is 8.35. The molecule has 8 nitrogen and oxygen atoms in total. The molecule has 1 unspecified atom stereocenters. The van der Waals surface area contributed by atoms with Gasteiger partial charge >= 0.3 is 0 Å². The molecule has 2 saturated heterocycles. The lowest BCUT2D eigenvalue weighted by Crippen LogP contribution is -2.55. The molecular weight excluding hydrogens is 358 g/mol. The first kappa shape index (κ1) is 18.7. The number of nitrogens with one attached hydrogen (secondary N) is 1.